The van der Waals surface area contributed by atoms with E-state index in [1.165, 1.54) is 0 Å². The van der Waals surface area contributed by atoms with Crippen LogP contribution in [-0.2, 0) is 4.79 Å². The van der Waals surface area contributed by atoms with E-state index in [1.807, 2.05) is 0 Å². The van der Waals surface area contributed by atoms with E-state index in [-0.39, 0.29) is 11.8 Å². The van der Waals surface area contributed by atoms with Gasteiger partial charge in [-0.15, -0.1) is 0 Å². The normalized spacial score (nSPS) is 26.4. The van der Waals surface area contributed by atoms with Crippen molar-refractivity contribution in [2.75, 3.05) is 0 Å². The second-order valence-corrected chi connectivity index (χ2v) is 6.00. The maximum absolute atomic E-state index is 10.6. The first-order chi connectivity index (χ1) is 7.29. The lowest BCUT2D eigenvalue weighted by Gasteiger charge is -2.46. The lowest BCUT2D eigenvalue weighted by Crippen LogP contribution is -2.48. The maximum Gasteiger partial charge on any atom is 0.122 e. The third-order valence-electron chi connectivity index (χ3n) is 4.18. The number of carbonyl (C=O) groups is 1. The van der Waals surface area contributed by atoms with E-state index < -0.39 is 11.0 Å². The summed E-state index contributed by atoms with van der Waals surface area (Å²) in [6.07, 6.45) is 3.96. The fourth-order valence-electron chi connectivity index (χ4n) is 2.48. The van der Waals surface area contributed by atoms with Crippen LogP contribution in [0.25, 0.3) is 0 Å². The average Bonchev–Trinajstić information content (AvgIpc) is 2.18. The van der Waals surface area contributed by atoms with E-state index >= 15 is 0 Å². The van der Waals surface area contributed by atoms with Gasteiger partial charge in [0, 0.05) is 6.42 Å². The molecule has 3 nitrogen and oxygen atoms in total. The van der Waals surface area contributed by atoms with Crippen LogP contribution in [-0.4, -0.2) is 17.0 Å². The summed E-state index contributed by atoms with van der Waals surface area (Å²) >= 11 is 0. The minimum atomic E-state index is -1.19. The minimum Gasteiger partial charge on any atom is -0.388 e. The van der Waals surface area contributed by atoms with Crippen molar-refractivity contribution in [3.63, 3.8) is 0 Å². The van der Waals surface area contributed by atoms with Gasteiger partial charge in [-0.05, 0) is 38.0 Å². The first-order valence-corrected chi connectivity index (χ1v) is 5.86. The lowest BCUT2D eigenvalue weighted by atomic mass is 9.59. The summed E-state index contributed by atoms with van der Waals surface area (Å²) in [6.45, 7) is 5.98. The van der Waals surface area contributed by atoms with Crippen molar-refractivity contribution in [1.82, 2.24) is 0 Å². The summed E-state index contributed by atoms with van der Waals surface area (Å²) < 4.78 is 0. The molecular formula is C13H21NO2. The molecule has 1 N–H and O–H groups in total. The molecule has 1 atom stereocenters. The number of carbonyl (C=O) groups excluding carboxylic acids is 1. The van der Waals surface area contributed by atoms with Crippen LogP contribution in [0, 0.1) is 22.2 Å². The summed E-state index contributed by atoms with van der Waals surface area (Å²) in [6, 6.07) is 2.27. The van der Waals surface area contributed by atoms with Crippen LogP contribution in [0.5, 0.6) is 0 Å². The summed E-state index contributed by atoms with van der Waals surface area (Å²) in [5.41, 5.74) is -1.69. The average molecular weight is 223 g/mol. The molecule has 0 aromatic carbocycles. The van der Waals surface area contributed by atoms with Crippen molar-refractivity contribution in [2.45, 2.75) is 58.5 Å². The van der Waals surface area contributed by atoms with Crippen LogP contribution in [0.3, 0.4) is 0 Å². The Morgan fingerprint density at radius 1 is 1.38 bits per heavy atom. The highest BCUT2D eigenvalue weighted by Gasteiger charge is 2.50. The number of hydrogen-bond acceptors (Lipinski definition) is 3. The van der Waals surface area contributed by atoms with Crippen molar-refractivity contribution < 1.29 is 9.90 Å². The van der Waals surface area contributed by atoms with Crippen LogP contribution >= 0.6 is 0 Å². The maximum atomic E-state index is 10.6. The lowest BCUT2D eigenvalue weighted by molar-refractivity contribution is -0.120. The molecular weight excluding hydrogens is 202 g/mol. The molecule has 1 fully saturated rings. The summed E-state index contributed by atoms with van der Waals surface area (Å²) in [7, 11) is 0. The molecule has 1 unspecified atom stereocenters. The fourth-order valence-corrected chi connectivity index (χ4v) is 2.48. The molecule has 0 spiro atoms. The Bertz CT molecular complexity index is 302. The molecule has 1 rings (SSSR count). The molecule has 0 aliphatic heterocycles. The Morgan fingerprint density at radius 3 is 2.25 bits per heavy atom. The van der Waals surface area contributed by atoms with Crippen LogP contribution in [0.15, 0.2) is 0 Å². The molecule has 3 heteroatoms. The predicted molar refractivity (Wildman–Crippen MR) is 61.6 cm³/mol. The molecule has 0 saturated heterocycles. The number of rotatable bonds is 3. The highest BCUT2D eigenvalue weighted by molar-refractivity contribution is 5.52. The number of hydrogen-bond donors (Lipinski definition) is 1. The van der Waals surface area contributed by atoms with E-state index in [9.17, 15) is 15.2 Å². The molecule has 0 radical (unpaired) electrons. The van der Waals surface area contributed by atoms with Gasteiger partial charge in [-0.2, -0.15) is 5.26 Å². The molecule has 1 aliphatic rings. The van der Waals surface area contributed by atoms with Crippen LogP contribution in [0.4, 0.5) is 0 Å². The number of nitriles is 1. The van der Waals surface area contributed by atoms with Crippen molar-refractivity contribution >= 4 is 6.29 Å². The predicted octanol–water partition coefficient (Wildman–Crippen LogP) is 2.44. The molecule has 0 bridgehead atoms. The molecule has 1 saturated carbocycles. The summed E-state index contributed by atoms with van der Waals surface area (Å²) in [4.78, 5) is 10.6. The Morgan fingerprint density at radius 2 is 1.88 bits per heavy atom. The quantitative estimate of drug-likeness (QED) is 0.747. The van der Waals surface area contributed by atoms with E-state index in [1.54, 1.807) is 6.92 Å². The zero-order valence-corrected chi connectivity index (χ0v) is 10.4. The van der Waals surface area contributed by atoms with E-state index in [0.29, 0.717) is 19.1 Å². The zero-order chi connectivity index (χ0) is 12.4. The third kappa shape index (κ3) is 2.27. The standard InChI is InChI=1S/C13H21NO2/c1-11(2)4-6-13(10-14,7-5-11)12(3,16)8-9-15/h9,16H,4-8H2,1-3H3. The van der Waals surface area contributed by atoms with Gasteiger partial charge in [-0.3, -0.25) is 0 Å². The first kappa shape index (κ1) is 13.2. The Kier molecular flexibility index (Phi) is 3.44. The topological polar surface area (TPSA) is 61.1 Å². The fraction of sp³-hybridized carbons (Fsp3) is 0.846. The van der Waals surface area contributed by atoms with Gasteiger partial charge in [-0.25, -0.2) is 0 Å². The molecule has 0 aromatic heterocycles. The largest absolute Gasteiger partial charge is 0.388 e. The Hall–Kier alpha value is -0.880. The van der Waals surface area contributed by atoms with E-state index in [2.05, 4.69) is 19.9 Å². The smallest absolute Gasteiger partial charge is 0.122 e. The van der Waals surface area contributed by atoms with Gasteiger partial charge >= 0.3 is 0 Å². The summed E-state index contributed by atoms with van der Waals surface area (Å²) in [5, 5.41) is 19.7. The highest BCUT2D eigenvalue weighted by Crippen LogP contribution is 2.50. The van der Waals surface area contributed by atoms with Gasteiger partial charge in [0.15, 0.2) is 0 Å². The Balaban J connectivity index is 2.90. The Labute approximate surface area is 97.5 Å². The van der Waals surface area contributed by atoms with E-state index in [0.717, 1.165) is 12.8 Å². The van der Waals surface area contributed by atoms with Crippen molar-refractivity contribution in [3.8, 4) is 6.07 Å². The second kappa shape index (κ2) is 4.18. The molecule has 0 heterocycles. The number of aldehydes is 1. The molecule has 0 amide bonds. The highest BCUT2D eigenvalue weighted by atomic mass is 16.3. The van der Waals surface area contributed by atoms with Crippen molar-refractivity contribution in [2.24, 2.45) is 10.8 Å². The van der Waals surface area contributed by atoms with Gasteiger partial charge in [0.2, 0.25) is 0 Å². The first-order valence-electron chi connectivity index (χ1n) is 5.86. The molecule has 16 heavy (non-hydrogen) atoms. The second-order valence-electron chi connectivity index (χ2n) is 6.00. The van der Waals surface area contributed by atoms with Crippen molar-refractivity contribution in [1.29, 1.82) is 5.26 Å². The monoisotopic (exact) mass is 223 g/mol. The van der Waals surface area contributed by atoms with Gasteiger partial charge < -0.3 is 9.90 Å². The molecule has 90 valence electrons. The van der Waals surface area contributed by atoms with Crippen LogP contribution in [0.2, 0.25) is 0 Å². The van der Waals surface area contributed by atoms with Gasteiger partial charge in [0.25, 0.3) is 0 Å². The number of nitrogens with zero attached hydrogens (tertiary/aromatic N) is 1. The van der Waals surface area contributed by atoms with Crippen LogP contribution in [0.1, 0.15) is 52.9 Å². The van der Waals surface area contributed by atoms with Gasteiger partial charge in [0.05, 0.1) is 17.1 Å². The molecule has 0 aromatic rings. The summed E-state index contributed by atoms with van der Waals surface area (Å²) in [5.74, 6) is 0. The SMILES string of the molecule is CC1(C)CCC(C#N)(C(C)(O)CC=O)CC1. The van der Waals surface area contributed by atoms with E-state index in [4.69, 9.17) is 0 Å². The van der Waals surface area contributed by atoms with Crippen molar-refractivity contribution in [3.05, 3.63) is 0 Å². The third-order valence-corrected chi connectivity index (χ3v) is 4.18. The van der Waals surface area contributed by atoms with Gasteiger partial charge in [-0.1, -0.05) is 13.8 Å². The van der Waals surface area contributed by atoms with Gasteiger partial charge in [0.1, 0.15) is 6.29 Å². The van der Waals surface area contributed by atoms with Crippen LogP contribution < -0.4 is 0 Å². The minimum absolute atomic E-state index is 0.0426. The molecule has 1 aliphatic carbocycles. The zero-order valence-electron chi connectivity index (χ0n) is 10.4. The number of aliphatic hydroxyl groups is 1.